The largest absolute Gasteiger partial charge is 0.491 e. The number of rotatable bonds is 6. The second-order valence-electron chi connectivity index (χ2n) is 7.67. The summed E-state index contributed by atoms with van der Waals surface area (Å²) < 4.78 is 56.2. The maximum atomic E-state index is 14.3. The zero-order valence-corrected chi connectivity index (χ0v) is 18.1. The number of pyridine rings is 1. The van der Waals surface area contributed by atoms with Crippen LogP contribution in [0.1, 0.15) is 20.3 Å². The third kappa shape index (κ3) is 4.62. The summed E-state index contributed by atoms with van der Waals surface area (Å²) in [5, 5.41) is 7.42. The van der Waals surface area contributed by atoms with Gasteiger partial charge in [-0.3, -0.25) is 4.79 Å². The van der Waals surface area contributed by atoms with Crippen molar-refractivity contribution in [1.29, 1.82) is 0 Å². The maximum Gasteiger partial charge on any atom is 0.255 e. The van der Waals surface area contributed by atoms with Crippen molar-refractivity contribution in [3.8, 4) is 5.75 Å². The second kappa shape index (κ2) is 8.75. The quantitative estimate of drug-likeness (QED) is 0.693. The van der Waals surface area contributed by atoms with E-state index in [2.05, 4.69) is 10.3 Å². The van der Waals surface area contributed by atoms with Crippen LogP contribution in [-0.4, -0.2) is 39.0 Å². The molecule has 1 saturated heterocycles. The number of methoxy groups -OCH3 is 1. The minimum atomic E-state index is -4.04. The number of aromatic nitrogens is 1. The molecule has 0 spiro atoms. The summed E-state index contributed by atoms with van der Waals surface area (Å²) in [6.45, 7) is 4.38. The summed E-state index contributed by atoms with van der Waals surface area (Å²) in [4.78, 5) is 18.6. The third-order valence-electron chi connectivity index (χ3n) is 5.41. The molecule has 8 nitrogen and oxygen atoms in total. The summed E-state index contributed by atoms with van der Waals surface area (Å²) >= 11 is 0. The molecule has 2 aromatic rings. The molecule has 0 radical (unpaired) electrons. The highest BCUT2D eigenvalue weighted by Gasteiger charge is 2.42. The van der Waals surface area contributed by atoms with Gasteiger partial charge < -0.3 is 15.0 Å². The Hall–Kier alpha value is -2.79. The Bertz CT molecular complexity index is 1090. The van der Waals surface area contributed by atoms with Gasteiger partial charge in [0.1, 0.15) is 6.04 Å². The molecule has 0 unspecified atom stereocenters. The lowest BCUT2D eigenvalue weighted by Gasteiger charge is -2.31. The first kappa shape index (κ1) is 22.9. The van der Waals surface area contributed by atoms with Crippen molar-refractivity contribution < 1.29 is 26.7 Å². The van der Waals surface area contributed by atoms with Crippen LogP contribution >= 0.6 is 0 Å². The van der Waals surface area contributed by atoms with Gasteiger partial charge in [0.2, 0.25) is 11.7 Å². The smallest absolute Gasteiger partial charge is 0.255 e. The topological polar surface area (TPSA) is 115 Å². The zero-order valence-electron chi connectivity index (χ0n) is 17.3. The number of sulfonamides is 1. The molecule has 1 aliphatic rings. The fourth-order valence-corrected chi connectivity index (χ4v) is 4.42. The van der Waals surface area contributed by atoms with Crippen LogP contribution in [-0.2, 0) is 14.8 Å². The summed E-state index contributed by atoms with van der Waals surface area (Å²) in [5.41, 5.74) is 0.472. The van der Waals surface area contributed by atoms with Crippen molar-refractivity contribution in [1.82, 2.24) is 4.98 Å². The zero-order chi connectivity index (χ0) is 22.9. The predicted octanol–water partition coefficient (Wildman–Crippen LogP) is 2.51. The lowest BCUT2D eigenvalue weighted by molar-refractivity contribution is -0.118. The number of hydrogen-bond acceptors (Lipinski definition) is 6. The van der Waals surface area contributed by atoms with Crippen molar-refractivity contribution in [3.05, 3.63) is 42.1 Å². The molecule has 31 heavy (non-hydrogen) atoms. The van der Waals surface area contributed by atoms with Crippen LogP contribution in [0.2, 0.25) is 0 Å². The van der Waals surface area contributed by atoms with Crippen LogP contribution in [0, 0.1) is 23.5 Å². The molecule has 2 heterocycles. The summed E-state index contributed by atoms with van der Waals surface area (Å²) in [6, 6.07) is 4.26. The molecule has 2 atom stereocenters. The summed E-state index contributed by atoms with van der Waals surface area (Å²) in [6.07, 6.45) is 1.87. The normalized spacial score (nSPS) is 19.0. The first-order chi connectivity index (χ1) is 14.5. The number of carbonyl (C=O) groups is 1. The molecule has 168 valence electrons. The summed E-state index contributed by atoms with van der Waals surface area (Å²) in [5.74, 6) is -2.84. The van der Waals surface area contributed by atoms with Gasteiger partial charge in [0.05, 0.1) is 12.8 Å². The lowest BCUT2D eigenvalue weighted by Crippen LogP contribution is -2.44. The Balaban J connectivity index is 1.97. The first-order valence-corrected chi connectivity index (χ1v) is 11.2. The maximum absolute atomic E-state index is 14.3. The number of nitrogens with one attached hydrogen (secondary N) is 1. The van der Waals surface area contributed by atoms with E-state index in [0.717, 1.165) is 12.1 Å². The molecule has 0 aliphatic carbocycles. The van der Waals surface area contributed by atoms with Crippen molar-refractivity contribution in [3.63, 3.8) is 0 Å². The molecule has 1 fully saturated rings. The van der Waals surface area contributed by atoms with Crippen molar-refractivity contribution in [2.75, 3.05) is 23.9 Å². The molecular weight excluding hydrogens is 430 g/mol. The van der Waals surface area contributed by atoms with E-state index in [0.29, 0.717) is 13.0 Å². The van der Waals surface area contributed by atoms with Crippen LogP contribution in [0.4, 0.5) is 20.2 Å². The Morgan fingerprint density at radius 2 is 2.03 bits per heavy atom. The van der Waals surface area contributed by atoms with Gasteiger partial charge in [-0.25, -0.2) is 22.9 Å². The highest BCUT2D eigenvalue weighted by Crippen LogP contribution is 2.40. The van der Waals surface area contributed by atoms with E-state index in [1.54, 1.807) is 4.90 Å². The van der Waals surface area contributed by atoms with Crippen LogP contribution in [0.15, 0.2) is 35.5 Å². The van der Waals surface area contributed by atoms with Crippen molar-refractivity contribution in [2.24, 2.45) is 17.0 Å². The fourth-order valence-electron chi connectivity index (χ4n) is 3.92. The molecule has 3 N–H and O–H groups in total. The molecule has 11 heteroatoms. The number of hydrogen-bond donors (Lipinski definition) is 2. The molecule has 1 amide bonds. The average Bonchev–Trinajstić information content (AvgIpc) is 3.15. The lowest BCUT2D eigenvalue weighted by atomic mass is 9.88. The minimum absolute atomic E-state index is 0.0858. The molecule has 3 rings (SSSR count). The van der Waals surface area contributed by atoms with Crippen molar-refractivity contribution in [2.45, 2.75) is 31.3 Å². The Kier molecular flexibility index (Phi) is 6.46. The van der Waals surface area contributed by atoms with Gasteiger partial charge in [0.25, 0.3) is 10.0 Å². The molecule has 1 aromatic carbocycles. The molecule has 1 aromatic heterocycles. The van der Waals surface area contributed by atoms with E-state index in [4.69, 9.17) is 9.88 Å². The number of nitrogens with two attached hydrogens (primary N) is 1. The van der Waals surface area contributed by atoms with Crippen LogP contribution in [0.25, 0.3) is 0 Å². The number of anilines is 2. The highest BCUT2D eigenvalue weighted by atomic mass is 32.2. The van der Waals surface area contributed by atoms with Gasteiger partial charge >= 0.3 is 0 Å². The highest BCUT2D eigenvalue weighted by molar-refractivity contribution is 7.89. The van der Waals surface area contributed by atoms with Crippen LogP contribution in [0.5, 0.6) is 5.75 Å². The number of ether oxygens (including phenoxy) is 1. The molecule has 0 bridgehead atoms. The van der Waals surface area contributed by atoms with E-state index in [1.807, 2.05) is 13.8 Å². The van der Waals surface area contributed by atoms with E-state index in [1.165, 1.54) is 25.4 Å². The third-order valence-corrected chi connectivity index (χ3v) is 6.21. The number of primary sulfonamides is 1. The fraction of sp³-hybridized carbons (Fsp3) is 0.400. The van der Waals surface area contributed by atoms with Gasteiger partial charge in [-0.1, -0.05) is 13.8 Å². The van der Waals surface area contributed by atoms with Gasteiger partial charge in [0, 0.05) is 24.5 Å². The first-order valence-electron chi connectivity index (χ1n) is 9.63. The minimum Gasteiger partial charge on any atom is -0.491 e. The predicted molar refractivity (Wildman–Crippen MR) is 111 cm³/mol. The van der Waals surface area contributed by atoms with E-state index in [9.17, 15) is 22.0 Å². The number of carbonyl (C=O) groups excluding carboxylic acids is 1. The van der Waals surface area contributed by atoms with E-state index < -0.39 is 33.6 Å². The Morgan fingerprint density at radius 1 is 1.32 bits per heavy atom. The Morgan fingerprint density at radius 3 is 2.65 bits per heavy atom. The second-order valence-corrected chi connectivity index (χ2v) is 9.17. The van der Waals surface area contributed by atoms with Gasteiger partial charge in [-0.05, 0) is 36.5 Å². The van der Waals surface area contributed by atoms with Crippen molar-refractivity contribution >= 4 is 27.3 Å². The molecule has 1 aliphatic heterocycles. The monoisotopic (exact) mass is 454 g/mol. The average molecular weight is 454 g/mol. The summed E-state index contributed by atoms with van der Waals surface area (Å²) in [7, 11) is -2.81. The van der Waals surface area contributed by atoms with Gasteiger partial charge in [0.15, 0.2) is 16.6 Å². The van der Waals surface area contributed by atoms with E-state index >= 15 is 0 Å². The molecular formula is C20H24F2N4O4S. The Labute approximate surface area is 179 Å². The SMILES string of the molecule is COc1c(N2CC[C@@H](C(C)C)[C@H]2C(=O)Nc2ccnc(S(N)(=O)=O)c2)ccc(F)c1F. The number of nitrogens with zero attached hydrogens (tertiary/aromatic N) is 2. The number of benzene rings is 1. The number of halogens is 2. The van der Waals surface area contributed by atoms with Gasteiger partial charge in [-0.15, -0.1) is 0 Å². The van der Waals surface area contributed by atoms with E-state index in [-0.39, 0.29) is 34.0 Å². The van der Waals surface area contributed by atoms with Crippen LogP contribution in [0.3, 0.4) is 0 Å². The standard InChI is InChI=1S/C20H24F2N4O4S/c1-11(2)13-7-9-26(15-5-4-14(21)17(22)19(15)30-3)18(13)20(27)25-12-6-8-24-16(10-12)31(23,28)29/h4-6,8,10-11,13,18H,7,9H2,1-3H3,(H2,23,28,29)(H,24,25,27)/t13-,18-/m0/s1. The number of amides is 1. The van der Waals surface area contributed by atoms with Gasteiger partial charge in [-0.2, -0.15) is 4.39 Å². The molecule has 0 saturated carbocycles. The van der Waals surface area contributed by atoms with Crippen LogP contribution < -0.4 is 20.1 Å².